The van der Waals surface area contributed by atoms with Crippen LogP contribution in [0.1, 0.15) is 23.2 Å². The molecular weight excluding hydrogens is 292 g/mol. The molecule has 0 bridgehead atoms. The highest BCUT2D eigenvalue weighted by molar-refractivity contribution is 5.98. The van der Waals surface area contributed by atoms with Crippen molar-refractivity contribution in [2.24, 2.45) is 5.41 Å². The van der Waals surface area contributed by atoms with Crippen molar-refractivity contribution in [1.29, 1.82) is 0 Å². The summed E-state index contributed by atoms with van der Waals surface area (Å²) in [6.07, 6.45) is 0.582. The van der Waals surface area contributed by atoms with Gasteiger partial charge in [0, 0.05) is 25.8 Å². The van der Waals surface area contributed by atoms with Crippen LogP contribution >= 0.6 is 0 Å². The second kappa shape index (κ2) is 6.52. The van der Waals surface area contributed by atoms with Gasteiger partial charge in [-0.1, -0.05) is 12.1 Å². The lowest BCUT2D eigenvalue weighted by Gasteiger charge is -2.33. The number of aliphatic carboxylic acids is 1. The fourth-order valence-corrected chi connectivity index (χ4v) is 2.40. The molecule has 1 heterocycles. The zero-order valence-electron chi connectivity index (χ0n) is 11.8. The molecule has 1 fully saturated rings. The van der Waals surface area contributed by atoms with E-state index in [-0.39, 0.29) is 17.8 Å². The number of carboxylic acids is 1. The number of hydrogen-bond acceptors (Lipinski definition) is 5. The SMILES string of the molecule is O=C(NCC1(C(=O)O)CCOCC1)c1ccccc1[N+](=O)[O-]. The van der Waals surface area contributed by atoms with Crippen molar-refractivity contribution in [2.75, 3.05) is 19.8 Å². The molecule has 0 unspecified atom stereocenters. The monoisotopic (exact) mass is 308 g/mol. The molecule has 0 atom stereocenters. The first-order valence-electron chi connectivity index (χ1n) is 6.79. The number of para-hydroxylation sites is 1. The predicted molar refractivity (Wildman–Crippen MR) is 75.6 cm³/mol. The lowest BCUT2D eigenvalue weighted by molar-refractivity contribution is -0.385. The van der Waals surface area contributed by atoms with E-state index in [9.17, 15) is 24.8 Å². The zero-order valence-corrected chi connectivity index (χ0v) is 11.8. The maximum atomic E-state index is 12.1. The summed E-state index contributed by atoms with van der Waals surface area (Å²) in [7, 11) is 0. The van der Waals surface area contributed by atoms with Crippen molar-refractivity contribution in [3.8, 4) is 0 Å². The zero-order chi connectivity index (χ0) is 16.2. The molecule has 0 saturated carbocycles. The number of hydrogen-bond donors (Lipinski definition) is 2. The number of rotatable bonds is 5. The highest BCUT2D eigenvalue weighted by atomic mass is 16.6. The molecule has 8 nitrogen and oxygen atoms in total. The van der Waals surface area contributed by atoms with Gasteiger partial charge in [-0.05, 0) is 18.9 Å². The van der Waals surface area contributed by atoms with E-state index >= 15 is 0 Å². The maximum absolute atomic E-state index is 12.1. The molecular formula is C14H16N2O6. The van der Waals surface area contributed by atoms with Gasteiger partial charge in [0.15, 0.2) is 0 Å². The van der Waals surface area contributed by atoms with Crippen LogP contribution in [0.2, 0.25) is 0 Å². The summed E-state index contributed by atoms with van der Waals surface area (Å²) in [5, 5.41) is 22.8. The number of nitro groups is 1. The van der Waals surface area contributed by atoms with Gasteiger partial charge in [0.2, 0.25) is 0 Å². The number of carbonyl (C=O) groups is 2. The normalized spacial score (nSPS) is 16.7. The Kier molecular flexibility index (Phi) is 4.71. The van der Waals surface area contributed by atoms with Gasteiger partial charge in [-0.3, -0.25) is 19.7 Å². The van der Waals surface area contributed by atoms with E-state index in [1.807, 2.05) is 0 Å². The Balaban J connectivity index is 2.12. The van der Waals surface area contributed by atoms with Crippen molar-refractivity contribution < 1.29 is 24.4 Å². The number of carbonyl (C=O) groups excluding carboxylic acids is 1. The molecule has 8 heteroatoms. The minimum absolute atomic E-state index is 0.0832. The van der Waals surface area contributed by atoms with Crippen molar-refractivity contribution in [1.82, 2.24) is 5.32 Å². The third-order valence-corrected chi connectivity index (χ3v) is 3.84. The van der Waals surface area contributed by atoms with Crippen LogP contribution in [0.5, 0.6) is 0 Å². The number of benzene rings is 1. The standard InChI is InChI=1S/C14H16N2O6/c17-12(10-3-1-2-4-11(10)16(20)21)15-9-14(13(18)19)5-7-22-8-6-14/h1-4H,5-9H2,(H,15,17)(H,18,19). The number of nitro benzene ring substituents is 1. The minimum Gasteiger partial charge on any atom is -0.481 e. The molecule has 1 aromatic carbocycles. The lowest BCUT2D eigenvalue weighted by Crippen LogP contribution is -2.46. The van der Waals surface area contributed by atoms with E-state index in [4.69, 9.17) is 4.74 Å². The second-order valence-corrected chi connectivity index (χ2v) is 5.15. The van der Waals surface area contributed by atoms with Gasteiger partial charge in [-0.25, -0.2) is 0 Å². The Labute approximate surface area is 126 Å². The fourth-order valence-electron chi connectivity index (χ4n) is 2.40. The van der Waals surface area contributed by atoms with Crippen molar-refractivity contribution in [2.45, 2.75) is 12.8 Å². The Morgan fingerprint density at radius 2 is 1.95 bits per heavy atom. The molecule has 2 rings (SSSR count). The number of nitrogens with one attached hydrogen (secondary N) is 1. The number of ether oxygens (including phenoxy) is 1. The fraction of sp³-hybridized carbons (Fsp3) is 0.429. The first kappa shape index (κ1) is 15.9. The van der Waals surface area contributed by atoms with Gasteiger partial charge in [0.1, 0.15) is 5.56 Å². The smallest absolute Gasteiger partial charge is 0.311 e. The van der Waals surface area contributed by atoms with Crippen molar-refractivity contribution in [3.63, 3.8) is 0 Å². The molecule has 1 amide bonds. The van der Waals surface area contributed by atoms with Crippen LogP contribution in [-0.4, -0.2) is 41.7 Å². The third kappa shape index (κ3) is 3.22. The molecule has 22 heavy (non-hydrogen) atoms. The Morgan fingerprint density at radius 1 is 1.32 bits per heavy atom. The summed E-state index contributed by atoms with van der Waals surface area (Å²) in [6.45, 7) is 0.540. The van der Waals surface area contributed by atoms with Gasteiger partial charge in [0.25, 0.3) is 11.6 Å². The van der Waals surface area contributed by atoms with Crippen LogP contribution < -0.4 is 5.32 Å². The van der Waals surface area contributed by atoms with Gasteiger partial charge in [-0.15, -0.1) is 0 Å². The summed E-state index contributed by atoms with van der Waals surface area (Å²) < 4.78 is 5.15. The van der Waals surface area contributed by atoms with E-state index in [2.05, 4.69) is 5.32 Å². The summed E-state index contributed by atoms with van der Waals surface area (Å²) in [4.78, 5) is 33.9. The molecule has 118 valence electrons. The third-order valence-electron chi connectivity index (χ3n) is 3.84. The lowest BCUT2D eigenvalue weighted by atomic mass is 9.80. The molecule has 0 spiro atoms. The molecule has 2 N–H and O–H groups in total. The summed E-state index contributed by atoms with van der Waals surface area (Å²) in [5.41, 5.74) is -1.48. The largest absolute Gasteiger partial charge is 0.481 e. The van der Waals surface area contributed by atoms with E-state index in [1.54, 1.807) is 0 Å². The minimum atomic E-state index is -1.09. The van der Waals surface area contributed by atoms with Crippen molar-refractivity contribution in [3.05, 3.63) is 39.9 Å². The van der Waals surface area contributed by atoms with Gasteiger partial charge in [0.05, 0.1) is 10.3 Å². The van der Waals surface area contributed by atoms with E-state index in [0.29, 0.717) is 26.1 Å². The first-order valence-corrected chi connectivity index (χ1v) is 6.79. The first-order chi connectivity index (χ1) is 10.5. The second-order valence-electron chi connectivity index (χ2n) is 5.15. The quantitative estimate of drug-likeness (QED) is 0.623. The molecule has 0 aromatic heterocycles. The Bertz CT molecular complexity index is 595. The Hall–Kier alpha value is -2.48. The topological polar surface area (TPSA) is 119 Å². The molecule has 1 saturated heterocycles. The molecule has 0 radical (unpaired) electrons. The number of nitrogens with zero attached hydrogens (tertiary/aromatic N) is 1. The Morgan fingerprint density at radius 3 is 2.55 bits per heavy atom. The average Bonchev–Trinajstić information content (AvgIpc) is 2.53. The van der Waals surface area contributed by atoms with Crippen LogP contribution in [0.15, 0.2) is 24.3 Å². The van der Waals surface area contributed by atoms with Gasteiger partial charge >= 0.3 is 5.97 Å². The maximum Gasteiger partial charge on any atom is 0.311 e. The molecule has 1 aromatic rings. The average molecular weight is 308 g/mol. The van der Waals surface area contributed by atoms with E-state index in [0.717, 1.165) is 0 Å². The predicted octanol–water partition coefficient (Wildman–Crippen LogP) is 1.21. The van der Waals surface area contributed by atoms with Crippen LogP contribution in [0.4, 0.5) is 5.69 Å². The van der Waals surface area contributed by atoms with E-state index < -0.39 is 22.2 Å². The van der Waals surface area contributed by atoms with Gasteiger partial charge < -0.3 is 15.2 Å². The summed E-state index contributed by atoms with van der Waals surface area (Å²) in [6, 6.07) is 5.55. The van der Waals surface area contributed by atoms with Crippen molar-refractivity contribution >= 4 is 17.6 Å². The highest BCUT2D eigenvalue weighted by Gasteiger charge is 2.40. The summed E-state index contributed by atoms with van der Waals surface area (Å²) >= 11 is 0. The van der Waals surface area contributed by atoms with E-state index in [1.165, 1.54) is 24.3 Å². The van der Waals surface area contributed by atoms with Crippen LogP contribution in [-0.2, 0) is 9.53 Å². The number of carboxylic acid groups (broad SMARTS) is 1. The summed E-state index contributed by atoms with van der Waals surface area (Å²) in [5.74, 6) is -1.65. The van der Waals surface area contributed by atoms with Gasteiger partial charge in [-0.2, -0.15) is 0 Å². The number of amides is 1. The van der Waals surface area contributed by atoms with Crippen LogP contribution in [0.25, 0.3) is 0 Å². The van der Waals surface area contributed by atoms with Crippen LogP contribution in [0, 0.1) is 15.5 Å². The molecule has 1 aliphatic heterocycles. The van der Waals surface area contributed by atoms with Crippen LogP contribution in [0.3, 0.4) is 0 Å². The molecule has 1 aliphatic rings. The highest BCUT2D eigenvalue weighted by Crippen LogP contribution is 2.30. The molecule has 0 aliphatic carbocycles.